The van der Waals surface area contributed by atoms with Crippen LogP contribution in [0.2, 0.25) is 0 Å². The van der Waals surface area contributed by atoms with E-state index in [0.717, 1.165) is 25.7 Å². The lowest BCUT2D eigenvalue weighted by molar-refractivity contribution is -0.143. The summed E-state index contributed by atoms with van der Waals surface area (Å²) in [6.07, 6.45) is 10.2. The Morgan fingerprint density at radius 2 is 2.00 bits per heavy atom. The highest BCUT2D eigenvalue weighted by Gasteiger charge is 2.21. The summed E-state index contributed by atoms with van der Waals surface area (Å²) in [6.45, 7) is 3.49. The zero-order valence-corrected chi connectivity index (χ0v) is 7.87. The van der Waals surface area contributed by atoms with Crippen LogP contribution in [0.1, 0.15) is 32.1 Å². The molecule has 1 aliphatic carbocycles. The number of allylic oxidation sites excluding steroid dienone is 2. The van der Waals surface area contributed by atoms with Crippen LogP contribution in [0, 0.1) is 5.92 Å². The van der Waals surface area contributed by atoms with Crippen LogP contribution in [0.25, 0.3) is 0 Å². The summed E-state index contributed by atoms with van der Waals surface area (Å²) in [5.74, 6) is 0.0426. The zero-order chi connectivity index (χ0) is 9.52. The molecule has 0 amide bonds. The third-order valence-electron chi connectivity index (χ3n) is 2.34. The first kappa shape index (κ1) is 10.0. The third kappa shape index (κ3) is 3.45. The molecule has 1 aliphatic rings. The van der Waals surface area contributed by atoms with E-state index in [1.807, 2.05) is 0 Å². The molecule has 0 aromatic carbocycles. The third-order valence-corrected chi connectivity index (χ3v) is 2.34. The summed E-state index contributed by atoms with van der Waals surface area (Å²) in [6, 6.07) is 0. The summed E-state index contributed by atoms with van der Waals surface area (Å²) in [7, 11) is 0. The fourth-order valence-electron chi connectivity index (χ4n) is 1.60. The number of rotatable bonds is 3. The lowest BCUT2D eigenvalue weighted by Gasteiger charge is -2.18. The van der Waals surface area contributed by atoms with Gasteiger partial charge in [0.05, 0.1) is 12.2 Å². The maximum atomic E-state index is 11.4. The van der Waals surface area contributed by atoms with Crippen LogP contribution >= 0.6 is 0 Å². The van der Waals surface area contributed by atoms with E-state index in [1.165, 1.54) is 12.7 Å². The molecule has 0 saturated heterocycles. The Balaban J connectivity index is 2.28. The SMILES string of the molecule is C=C/C=C/OC(=O)C1CCCCC1. The van der Waals surface area contributed by atoms with Gasteiger partial charge < -0.3 is 4.74 Å². The van der Waals surface area contributed by atoms with Crippen molar-refractivity contribution in [3.8, 4) is 0 Å². The molecule has 0 bridgehead atoms. The average Bonchev–Trinajstić information content (AvgIpc) is 2.19. The fraction of sp³-hybridized carbons (Fsp3) is 0.545. The molecule has 2 nitrogen and oxygen atoms in total. The number of carbonyl (C=O) groups is 1. The lowest BCUT2D eigenvalue weighted by Crippen LogP contribution is -2.18. The second-order valence-corrected chi connectivity index (χ2v) is 3.34. The summed E-state index contributed by atoms with van der Waals surface area (Å²) >= 11 is 0. The van der Waals surface area contributed by atoms with Crippen molar-refractivity contribution in [2.75, 3.05) is 0 Å². The van der Waals surface area contributed by atoms with Crippen LogP contribution in [0.3, 0.4) is 0 Å². The van der Waals surface area contributed by atoms with Gasteiger partial charge >= 0.3 is 5.97 Å². The Morgan fingerprint density at radius 3 is 2.62 bits per heavy atom. The molecule has 13 heavy (non-hydrogen) atoms. The predicted molar refractivity (Wildman–Crippen MR) is 52.0 cm³/mol. The normalized spacial score (nSPS) is 18.8. The Bertz CT molecular complexity index is 200. The number of hydrogen-bond acceptors (Lipinski definition) is 2. The van der Waals surface area contributed by atoms with Crippen molar-refractivity contribution in [1.82, 2.24) is 0 Å². The van der Waals surface area contributed by atoms with E-state index in [4.69, 9.17) is 4.74 Å². The van der Waals surface area contributed by atoms with E-state index in [1.54, 1.807) is 12.2 Å². The molecule has 0 heterocycles. The number of ether oxygens (including phenoxy) is 1. The second-order valence-electron chi connectivity index (χ2n) is 3.34. The Labute approximate surface area is 79.3 Å². The molecule has 0 aromatic rings. The van der Waals surface area contributed by atoms with Gasteiger partial charge in [0, 0.05) is 0 Å². The summed E-state index contributed by atoms with van der Waals surface area (Å²) in [4.78, 5) is 11.4. The first-order valence-electron chi connectivity index (χ1n) is 4.82. The highest BCUT2D eigenvalue weighted by molar-refractivity contribution is 5.73. The molecule has 1 rings (SSSR count). The van der Waals surface area contributed by atoms with Crippen molar-refractivity contribution in [2.24, 2.45) is 5.92 Å². The number of carbonyl (C=O) groups excluding carboxylic acids is 1. The van der Waals surface area contributed by atoms with Gasteiger partial charge in [-0.3, -0.25) is 4.79 Å². The molecule has 2 heteroatoms. The van der Waals surface area contributed by atoms with Crippen LogP contribution in [0.15, 0.2) is 25.0 Å². The van der Waals surface area contributed by atoms with Gasteiger partial charge in [-0.05, 0) is 18.9 Å². The van der Waals surface area contributed by atoms with Gasteiger partial charge in [-0.1, -0.05) is 31.9 Å². The van der Waals surface area contributed by atoms with Crippen molar-refractivity contribution in [3.05, 3.63) is 25.0 Å². The second kappa shape index (κ2) is 5.57. The van der Waals surface area contributed by atoms with Gasteiger partial charge in [0.1, 0.15) is 0 Å². The van der Waals surface area contributed by atoms with Crippen molar-refractivity contribution in [2.45, 2.75) is 32.1 Å². The smallest absolute Gasteiger partial charge is 0.313 e. The van der Waals surface area contributed by atoms with Gasteiger partial charge in [-0.2, -0.15) is 0 Å². The summed E-state index contributed by atoms with van der Waals surface area (Å²) in [5.41, 5.74) is 0. The van der Waals surface area contributed by atoms with Crippen LogP contribution in [0.4, 0.5) is 0 Å². The molecule has 0 radical (unpaired) electrons. The Kier molecular flexibility index (Phi) is 4.30. The molecule has 0 aliphatic heterocycles. The topological polar surface area (TPSA) is 26.3 Å². The Morgan fingerprint density at radius 1 is 1.31 bits per heavy atom. The van der Waals surface area contributed by atoms with Crippen LogP contribution in [-0.2, 0) is 9.53 Å². The predicted octanol–water partition coefficient (Wildman–Crippen LogP) is 2.81. The molecule has 72 valence electrons. The quantitative estimate of drug-likeness (QED) is 0.379. The zero-order valence-electron chi connectivity index (χ0n) is 7.87. The van der Waals surface area contributed by atoms with Gasteiger partial charge in [-0.25, -0.2) is 0 Å². The monoisotopic (exact) mass is 180 g/mol. The van der Waals surface area contributed by atoms with E-state index in [2.05, 4.69) is 6.58 Å². The summed E-state index contributed by atoms with van der Waals surface area (Å²) < 4.78 is 4.93. The minimum absolute atomic E-state index is 0.0854. The highest BCUT2D eigenvalue weighted by Crippen LogP contribution is 2.24. The Hall–Kier alpha value is -1.05. The van der Waals surface area contributed by atoms with E-state index in [9.17, 15) is 4.79 Å². The summed E-state index contributed by atoms with van der Waals surface area (Å²) in [5, 5.41) is 0. The van der Waals surface area contributed by atoms with Crippen LogP contribution < -0.4 is 0 Å². The van der Waals surface area contributed by atoms with Crippen LogP contribution in [-0.4, -0.2) is 5.97 Å². The van der Waals surface area contributed by atoms with Gasteiger partial charge in [0.2, 0.25) is 0 Å². The van der Waals surface area contributed by atoms with E-state index < -0.39 is 0 Å². The molecular weight excluding hydrogens is 164 g/mol. The van der Waals surface area contributed by atoms with Crippen molar-refractivity contribution in [1.29, 1.82) is 0 Å². The molecule has 0 N–H and O–H groups in total. The van der Waals surface area contributed by atoms with Crippen molar-refractivity contribution in [3.63, 3.8) is 0 Å². The molecule has 0 spiro atoms. The maximum absolute atomic E-state index is 11.4. The maximum Gasteiger partial charge on any atom is 0.313 e. The van der Waals surface area contributed by atoms with E-state index in [0.29, 0.717) is 0 Å². The number of hydrogen-bond donors (Lipinski definition) is 0. The first-order chi connectivity index (χ1) is 6.34. The number of esters is 1. The largest absolute Gasteiger partial charge is 0.434 e. The van der Waals surface area contributed by atoms with Gasteiger partial charge in [0.15, 0.2) is 0 Å². The first-order valence-corrected chi connectivity index (χ1v) is 4.82. The van der Waals surface area contributed by atoms with E-state index >= 15 is 0 Å². The molecular formula is C11H16O2. The van der Waals surface area contributed by atoms with E-state index in [-0.39, 0.29) is 11.9 Å². The van der Waals surface area contributed by atoms with Crippen LogP contribution in [0.5, 0.6) is 0 Å². The highest BCUT2D eigenvalue weighted by atomic mass is 16.5. The van der Waals surface area contributed by atoms with Crippen molar-refractivity contribution >= 4 is 5.97 Å². The lowest BCUT2D eigenvalue weighted by atomic mass is 9.89. The van der Waals surface area contributed by atoms with Crippen molar-refractivity contribution < 1.29 is 9.53 Å². The van der Waals surface area contributed by atoms with Gasteiger partial charge in [-0.15, -0.1) is 0 Å². The fourth-order valence-corrected chi connectivity index (χ4v) is 1.60. The molecule has 0 unspecified atom stereocenters. The minimum Gasteiger partial charge on any atom is -0.434 e. The molecule has 0 aromatic heterocycles. The molecule has 0 atom stereocenters. The molecule has 1 fully saturated rings. The minimum atomic E-state index is -0.0854. The molecule has 1 saturated carbocycles. The average molecular weight is 180 g/mol. The standard InChI is InChI=1S/C11H16O2/c1-2-3-9-13-11(12)10-7-5-4-6-8-10/h2-3,9-10H,1,4-8H2/b9-3+. The van der Waals surface area contributed by atoms with Gasteiger partial charge in [0.25, 0.3) is 0 Å².